The molecule has 20 heavy (non-hydrogen) atoms. The second-order valence-electron chi connectivity index (χ2n) is 4.98. The summed E-state index contributed by atoms with van der Waals surface area (Å²) < 4.78 is 13.4. The van der Waals surface area contributed by atoms with E-state index in [1.54, 1.807) is 12.1 Å². The van der Waals surface area contributed by atoms with Gasteiger partial charge in [0.1, 0.15) is 5.82 Å². The van der Waals surface area contributed by atoms with Gasteiger partial charge >= 0.3 is 0 Å². The Morgan fingerprint density at radius 2 is 1.85 bits per heavy atom. The maximum absolute atomic E-state index is 13.4. The molecule has 0 heterocycles. The molecule has 0 spiro atoms. The largest absolute Gasteiger partial charge is 0.329 e. The van der Waals surface area contributed by atoms with Gasteiger partial charge in [0.15, 0.2) is 0 Å². The Bertz CT molecular complexity index is 528. The van der Waals surface area contributed by atoms with Crippen molar-refractivity contribution in [3.63, 3.8) is 0 Å². The minimum atomic E-state index is -0.193. The van der Waals surface area contributed by atoms with Gasteiger partial charge in [0.05, 0.1) is 0 Å². The summed E-state index contributed by atoms with van der Waals surface area (Å²) >= 11 is 0. The molecule has 0 aromatic heterocycles. The lowest BCUT2D eigenvalue weighted by Crippen LogP contribution is -2.31. The molecule has 0 aliphatic heterocycles. The van der Waals surface area contributed by atoms with Crippen LogP contribution < -0.4 is 5.73 Å². The van der Waals surface area contributed by atoms with Crippen molar-refractivity contribution in [1.82, 2.24) is 4.90 Å². The summed E-state index contributed by atoms with van der Waals surface area (Å²) in [5, 5.41) is 0. The predicted octanol–water partition coefficient (Wildman–Crippen LogP) is 3.35. The molecule has 0 saturated carbocycles. The average molecular weight is 272 g/mol. The van der Waals surface area contributed by atoms with Gasteiger partial charge in [0.25, 0.3) is 0 Å². The van der Waals surface area contributed by atoms with E-state index >= 15 is 0 Å². The van der Waals surface area contributed by atoms with Crippen molar-refractivity contribution in [2.24, 2.45) is 5.73 Å². The van der Waals surface area contributed by atoms with Crippen molar-refractivity contribution in [2.45, 2.75) is 19.5 Å². The summed E-state index contributed by atoms with van der Waals surface area (Å²) in [5.74, 6) is -0.193. The van der Waals surface area contributed by atoms with Gasteiger partial charge in [-0.2, -0.15) is 0 Å². The maximum Gasteiger partial charge on any atom is 0.123 e. The van der Waals surface area contributed by atoms with Crippen LogP contribution in [0.4, 0.5) is 4.39 Å². The lowest BCUT2D eigenvalue weighted by atomic mass is 10.1. The molecular formula is C17H21FN2. The monoisotopic (exact) mass is 272 g/mol. The summed E-state index contributed by atoms with van der Waals surface area (Å²) in [6.07, 6.45) is 0. The van der Waals surface area contributed by atoms with Crippen molar-refractivity contribution < 1.29 is 4.39 Å². The highest BCUT2D eigenvalue weighted by atomic mass is 19.1. The van der Waals surface area contributed by atoms with Gasteiger partial charge < -0.3 is 5.73 Å². The summed E-state index contributed by atoms with van der Waals surface area (Å²) in [6.45, 7) is 4.28. The lowest BCUT2D eigenvalue weighted by molar-refractivity contribution is 0.207. The molecule has 1 unspecified atom stereocenters. The Balaban J connectivity index is 2.15. The van der Waals surface area contributed by atoms with Crippen molar-refractivity contribution in [1.29, 1.82) is 0 Å². The van der Waals surface area contributed by atoms with Crippen LogP contribution in [0.5, 0.6) is 0 Å². The highest BCUT2D eigenvalue weighted by molar-refractivity contribution is 5.21. The quantitative estimate of drug-likeness (QED) is 0.874. The van der Waals surface area contributed by atoms with E-state index in [2.05, 4.69) is 24.0 Å². The van der Waals surface area contributed by atoms with Crippen molar-refractivity contribution in [2.75, 3.05) is 13.1 Å². The van der Waals surface area contributed by atoms with Gasteiger partial charge in [-0.25, -0.2) is 4.39 Å². The van der Waals surface area contributed by atoms with Crippen LogP contribution in [0.1, 0.15) is 24.1 Å². The normalized spacial score (nSPS) is 12.6. The molecule has 2 N–H and O–H groups in total. The Hall–Kier alpha value is -1.71. The lowest BCUT2D eigenvalue weighted by Gasteiger charge is -2.29. The van der Waals surface area contributed by atoms with E-state index in [1.165, 1.54) is 11.6 Å². The van der Waals surface area contributed by atoms with Crippen LogP contribution >= 0.6 is 0 Å². The first-order valence-corrected chi connectivity index (χ1v) is 6.94. The average Bonchev–Trinajstić information content (AvgIpc) is 2.47. The van der Waals surface area contributed by atoms with Crippen molar-refractivity contribution in [3.05, 3.63) is 71.5 Å². The first-order valence-electron chi connectivity index (χ1n) is 6.94. The van der Waals surface area contributed by atoms with Gasteiger partial charge in [-0.05, 0) is 30.2 Å². The molecule has 2 nitrogen and oxygen atoms in total. The maximum atomic E-state index is 13.4. The van der Waals surface area contributed by atoms with E-state index in [0.29, 0.717) is 6.54 Å². The third-order valence-corrected chi connectivity index (χ3v) is 3.52. The van der Waals surface area contributed by atoms with Crippen LogP contribution in [-0.4, -0.2) is 18.0 Å². The van der Waals surface area contributed by atoms with E-state index in [0.717, 1.165) is 18.7 Å². The molecular weight excluding hydrogens is 251 g/mol. The molecule has 2 aromatic carbocycles. The van der Waals surface area contributed by atoms with Crippen LogP contribution in [0.3, 0.4) is 0 Å². The van der Waals surface area contributed by atoms with Gasteiger partial charge in [-0.15, -0.1) is 0 Å². The molecule has 2 rings (SSSR count). The number of nitrogens with two attached hydrogens (primary N) is 1. The number of hydrogen-bond donors (Lipinski definition) is 1. The zero-order valence-electron chi connectivity index (χ0n) is 11.8. The topological polar surface area (TPSA) is 29.3 Å². The van der Waals surface area contributed by atoms with E-state index in [9.17, 15) is 4.39 Å². The molecule has 0 radical (unpaired) electrons. The highest BCUT2D eigenvalue weighted by Gasteiger charge is 2.15. The van der Waals surface area contributed by atoms with Crippen LogP contribution in [0.15, 0.2) is 54.6 Å². The number of halogens is 1. The fraction of sp³-hybridized carbons (Fsp3) is 0.294. The zero-order valence-corrected chi connectivity index (χ0v) is 11.8. The molecule has 0 fully saturated rings. The standard InChI is InChI=1S/C17H21FN2/c1-14(16-8-5-9-17(18)12-16)20(11-10-19)13-15-6-3-2-4-7-15/h2-9,12,14H,10-11,13,19H2,1H3. The summed E-state index contributed by atoms with van der Waals surface area (Å²) in [6, 6.07) is 17.2. The second-order valence-corrected chi connectivity index (χ2v) is 4.98. The van der Waals surface area contributed by atoms with Gasteiger partial charge in [-0.1, -0.05) is 42.5 Å². The number of nitrogens with zero attached hydrogens (tertiary/aromatic N) is 1. The molecule has 0 aliphatic carbocycles. The summed E-state index contributed by atoms with van der Waals surface area (Å²) in [4.78, 5) is 2.27. The number of hydrogen-bond acceptors (Lipinski definition) is 2. The van der Waals surface area contributed by atoms with Crippen molar-refractivity contribution in [3.8, 4) is 0 Å². The van der Waals surface area contributed by atoms with E-state index in [4.69, 9.17) is 5.73 Å². The van der Waals surface area contributed by atoms with Gasteiger partial charge in [0, 0.05) is 25.7 Å². The smallest absolute Gasteiger partial charge is 0.123 e. The van der Waals surface area contributed by atoms with Crippen LogP contribution in [0, 0.1) is 5.82 Å². The molecule has 3 heteroatoms. The summed E-state index contributed by atoms with van der Waals surface area (Å²) in [5.41, 5.74) is 7.93. The number of rotatable bonds is 6. The van der Waals surface area contributed by atoms with E-state index < -0.39 is 0 Å². The first kappa shape index (κ1) is 14.7. The zero-order chi connectivity index (χ0) is 14.4. The highest BCUT2D eigenvalue weighted by Crippen LogP contribution is 2.22. The Morgan fingerprint density at radius 3 is 2.50 bits per heavy atom. The Morgan fingerprint density at radius 1 is 1.10 bits per heavy atom. The fourth-order valence-electron chi connectivity index (χ4n) is 2.37. The first-order chi connectivity index (χ1) is 9.70. The summed E-state index contributed by atoms with van der Waals surface area (Å²) in [7, 11) is 0. The molecule has 0 saturated heterocycles. The predicted molar refractivity (Wildman–Crippen MR) is 80.7 cm³/mol. The van der Waals surface area contributed by atoms with Crippen LogP contribution in [-0.2, 0) is 6.54 Å². The molecule has 0 bridgehead atoms. The molecule has 2 aromatic rings. The molecule has 106 valence electrons. The van der Waals surface area contributed by atoms with Crippen LogP contribution in [0.25, 0.3) is 0 Å². The molecule has 0 amide bonds. The molecule has 0 aliphatic rings. The van der Waals surface area contributed by atoms with E-state index in [1.807, 2.05) is 24.3 Å². The second kappa shape index (κ2) is 7.17. The SMILES string of the molecule is CC(c1cccc(F)c1)N(CCN)Cc1ccccc1. The fourth-order valence-corrected chi connectivity index (χ4v) is 2.37. The molecule has 1 atom stereocenters. The Kier molecular flexibility index (Phi) is 5.27. The third-order valence-electron chi connectivity index (χ3n) is 3.52. The van der Waals surface area contributed by atoms with Crippen molar-refractivity contribution >= 4 is 0 Å². The van der Waals surface area contributed by atoms with Gasteiger partial charge in [0.2, 0.25) is 0 Å². The minimum Gasteiger partial charge on any atom is -0.329 e. The Labute approximate surface area is 120 Å². The van der Waals surface area contributed by atoms with E-state index in [-0.39, 0.29) is 11.9 Å². The minimum absolute atomic E-state index is 0.134. The van der Waals surface area contributed by atoms with Crippen LogP contribution in [0.2, 0.25) is 0 Å². The third kappa shape index (κ3) is 3.89. The van der Waals surface area contributed by atoms with Gasteiger partial charge in [-0.3, -0.25) is 4.90 Å². The number of benzene rings is 2.